The topological polar surface area (TPSA) is 367 Å². The number of imide groups is 1. The van der Waals surface area contributed by atoms with Gasteiger partial charge in [0.15, 0.2) is 0 Å². The molecule has 4 aliphatic carbocycles. The van der Waals surface area contributed by atoms with Gasteiger partial charge in [0, 0.05) is 67.1 Å². The summed E-state index contributed by atoms with van der Waals surface area (Å²) in [7, 11) is 0. The molecule has 24 nitrogen and oxygen atoms in total. The van der Waals surface area contributed by atoms with E-state index in [9.17, 15) is 47.9 Å². The van der Waals surface area contributed by atoms with E-state index in [2.05, 4.69) is 93.3 Å². The van der Waals surface area contributed by atoms with Crippen LogP contribution in [0.25, 0.3) is 0 Å². The number of primary amides is 1. The standard InChI is InChI=1S/C83H106N12O12/c1-52(2)72(93-70(97)38-46-106-47-45-87-69(96)36-37-71(98)95-50-58-18-8-7-16-54(58)24-25-57-17-9-10-21-66(57)95)75(101)92-65(20-13-44-88-78(86)104)74(100)90-60-31-22-53(23-32-60)51-107-79(105)89-43-12-11-19-64(85)73(99)91-61-33-27-56-29-35-68-81(4,63(56)49-61)40-15-42-83(68,6)77(103)94-76(102)82(5)41-14-39-80(3)62-48-59(84)30-26-55(62)28-34-67(80)82/h7-10,16-18,21-23,26-27,30-33,48-49,52,64-65,67-68,72H,11-15,19-20,28-29,34-47,50-51,84-85H2,1-6H3,(H,87,96)(H,89,105)(H,90,100)(H,91,99)(H,92,101)(H,93,97)(H3,86,88,104)(H,94,102,103)/t64-,65-,67+,68+,72-,80+,81+,82-,83-/m0/s1. The molecule has 0 aromatic heterocycles. The van der Waals surface area contributed by atoms with Crippen molar-refractivity contribution in [2.75, 3.05) is 54.1 Å². The Morgan fingerprint density at radius 1 is 0.589 bits per heavy atom. The summed E-state index contributed by atoms with van der Waals surface area (Å²) in [6, 6.07) is 30.1. The minimum Gasteiger partial charge on any atom is -0.445 e. The number of urea groups is 1. The molecule has 1 aliphatic heterocycles. The van der Waals surface area contributed by atoms with E-state index in [4.69, 9.17) is 26.7 Å². The third-order valence-electron chi connectivity index (χ3n) is 23.1. The fraction of sp³-hybridized carbons (Fsp3) is 0.494. The molecule has 5 aromatic carbocycles. The number of unbranched alkanes of at least 4 members (excludes halogenated alkanes) is 1. The van der Waals surface area contributed by atoms with Crippen LogP contribution in [0.4, 0.5) is 32.3 Å². The first-order valence-electron chi connectivity index (χ1n) is 37.9. The lowest BCUT2D eigenvalue weighted by atomic mass is 9.49. The van der Waals surface area contributed by atoms with Crippen LogP contribution in [0.3, 0.4) is 0 Å². The fourth-order valence-electron chi connectivity index (χ4n) is 17.1. The number of hydrogen-bond donors (Lipinski definition) is 11. The van der Waals surface area contributed by atoms with Crippen LogP contribution < -0.4 is 64.6 Å². The van der Waals surface area contributed by atoms with Crippen molar-refractivity contribution in [1.29, 1.82) is 0 Å². The predicted octanol–water partition coefficient (Wildman–Crippen LogP) is 9.26. The van der Waals surface area contributed by atoms with Crippen LogP contribution in [0.15, 0.2) is 109 Å². The Morgan fingerprint density at radius 3 is 1.89 bits per heavy atom. The Kier molecular flexibility index (Phi) is 26.4. The number of carbonyl (C=O) groups excluding carboxylic acids is 10. The van der Waals surface area contributed by atoms with Crippen molar-refractivity contribution in [3.63, 3.8) is 0 Å². The zero-order chi connectivity index (χ0) is 76.6. The SMILES string of the molecule is CC(C)[C@H](NC(=O)CCOCCNC(=O)CCC(=O)N1Cc2ccccc2C#Cc2ccccc21)C(=O)N[C@@H](CCCNC(N)=O)C(=O)Nc1ccc(COC(=O)NCCCC[C@H](N)C(=O)Nc2ccc3c(c2)[C@@]2(C)CCC[C@](C)(C(=O)NC(=O)[C@@]4(C)CCC[C@]5(C)c6cc(N)ccc6CC[C@@H]45)[C@@H]2CC3)cc1. The summed E-state index contributed by atoms with van der Waals surface area (Å²) >= 11 is 0. The first kappa shape index (κ1) is 79.4. The maximum absolute atomic E-state index is 14.8. The largest absolute Gasteiger partial charge is 0.445 e. The van der Waals surface area contributed by atoms with Crippen LogP contribution in [0.5, 0.6) is 0 Å². The van der Waals surface area contributed by atoms with E-state index in [0.29, 0.717) is 54.9 Å². The number of amides is 11. The van der Waals surface area contributed by atoms with E-state index in [1.165, 1.54) is 16.7 Å². The van der Waals surface area contributed by atoms with Gasteiger partial charge in [0.1, 0.15) is 18.7 Å². The lowest BCUT2D eigenvalue weighted by Gasteiger charge is -2.56. The van der Waals surface area contributed by atoms with E-state index >= 15 is 0 Å². The number of carbonyl (C=O) groups is 10. The molecule has 0 bridgehead atoms. The van der Waals surface area contributed by atoms with Crippen molar-refractivity contribution < 1.29 is 57.4 Å². The normalized spacial score (nSPS) is 21.7. The predicted molar refractivity (Wildman–Crippen MR) is 410 cm³/mol. The van der Waals surface area contributed by atoms with Crippen LogP contribution in [0.1, 0.15) is 189 Å². The van der Waals surface area contributed by atoms with Crippen molar-refractivity contribution in [2.45, 2.75) is 199 Å². The van der Waals surface area contributed by atoms with Gasteiger partial charge >= 0.3 is 12.1 Å². The van der Waals surface area contributed by atoms with Gasteiger partial charge in [0.2, 0.25) is 47.3 Å². The van der Waals surface area contributed by atoms with E-state index in [-0.39, 0.29) is 124 Å². The van der Waals surface area contributed by atoms with Crippen LogP contribution >= 0.6 is 0 Å². The highest BCUT2D eigenvalue weighted by molar-refractivity contribution is 6.02. The number of aryl methyl sites for hydroxylation is 2. The molecule has 10 rings (SSSR count). The monoisotopic (exact) mass is 1460 g/mol. The molecule has 0 unspecified atom stereocenters. The third kappa shape index (κ3) is 19.4. The Balaban J connectivity index is 0.614. The van der Waals surface area contributed by atoms with Gasteiger partial charge in [-0.05, 0) is 200 Å². The van der Waals surface area contributed by atoms with E-state index in [1.807, 2.05) is 73.7 Å². The number of nitrogens with two attached hydrogens (primary N) is 3. The summed E-state index contributed by atoms with van der Waals surface area (Å²) in [4.78, 5) is 136. The van der Waals surface area contributed by atoms with Crippen molar-refractivity contribution in [3.05, 3.63) is 154 Å². The second kappa shape index (κ2) is 35.5. The van der Waals surface area contributed by atoms with Gasteiger partial charge in [-0.25, -0.2) is 9.59 Å². The van der Waals surface area contributed by atoms with Gasteiger partial charge in [0.25, 0.3) is 0 Å². The first-order chi connectivity index (χ1) is 51.2. The lowest BCUT2D eigenvalue weighted by molar-refractivity contribution is -0.150. The van der Waals surface area contributed by atoms with Crippen LogP contribution in [0, 0.1) is 40.4 Å². The molecule has 24 heteroatoms. The highest BCUT2D eigenvalue weighted by atomic mass is 16.5. The Hall–Kier alpha value is -10.1. The third-order valence-corrected chi connectivity index (χ3v) is 23.1. The Bertz CT molecular complexity index is 4190. The molecule has 9 atom stereocenters. The second-order valence-corrected chi connectivity index (χ2v) is 30.8. The molecule has 0 radical (unpaired) electrons. The highest BCUT2D eigenvalue weighted by Crippen LogP contribution is 2.60. The molecule has 107 heavy (non-hydrogen) atoms. The lowest BCUT2D eigenvalue weighted by Crippen LogP contribution is -2.60. The average Bonchev–Trinajstić information content (AvgIpc) is 0.724. The number of nitrogen functional groups attached to an aromatic ring is 1. The molecule has 2 saturated carbocycles. The molecule has 570 valence electrons. The van der Waals surface area contributed by atoms with Crippen molar-refractivity contribution in [2.24, 2.45) is 40.1 Å². The van der Waals surface area contributed by atoms with Gasteiger partial charge in [0.05, 0.1) is 42.3 Å². The molecule has 0 saturated heterocycles. The van der Waals surface area contributed by atoms with Gasteiger partial charge in [-0.1, -0.05) is 121 Å². The van der Waals surface area contributed by atoms with E-state index in [1.54, 1.807) is 43.0 Å². The zero-order valence-electron chi connectivity index (χ0n) is 62.6. The molecule has 14 N–H and O–H groups in total. The summed E-state index contributed by atoms with van der Waals surface area (Å²) in [5.74, 6) is 3.09. The van der Waals surface area contributed by atoms with Crippen LogP contribution in [-0.4, -0.2) is 110 Å². The minimum atomic E-state index is -1.10. The van der Waals surface area contributed by atoms with E-state index in [0.717, 1.165) is 85.7 Å². The number of nitrogens with one attached hydrogen (secondary N) is 8. The number of alkyl carbamates (subject to hydrolysis) is 1. The van der Waals surface area contributed by atoms with Gasteiger partial charge < -0.3 is 68.8 Å². The number of benzene rings is 5. The van der Waals surface area contributed by atoms with Crippen molar-refractivity contribution >= 4 is 82.1 Å². The number of para-hydroxylation sites is 1. The number of ether oxygens (including phenoxy) is 2. The summed E-state index contributed by atoms with van der Waals surface area (Å²) in [5, 5.41) is 22.4. The number of fused-ring (bicyclic) bond motifs is 8. The molecular weight excluding hydrogens is 1360 g/mol. The maximum Gasteiger partial charge on any atom is 0.407 e. The number of anilines is 4. The molecule has 1 heterocycles. The smallest absolute Gasteiger partial charge is 0.407 e. The molecule has 0 spiro atoms. The number of nitrogens with zero attached hydrogens (tertiary/aromatic N) is 1. The van der Waals surface area contributed by atoms with Gasteiger partial charge in [-0.3, -0.25) is 43.7 Å². The van der Waals surface area contributed by atoms with Crippen LogP contribution in [0.2, 0.25) is 0 Å². The summed E-state index contributed by atoms with van der Waals surface area (Å²) in [6.45, 7) is 13.0. The fourth-order valence-corrected chi connectivity index (χ4v) is 17.1. The second-order valence-electron chi connectivity index (χ2n) is 30.8. The zero-order valence-corrected chi connectivity index (χ0v) is 62.6. The van der Waals surface area contributed by atoms with Crippen molar-refractivity contribution in [1.82, 2.24) is 31.9 Å². The minimum absolute atomic E-state index is 0.0162. The van der Waals surface area contributed by atoms with Gasteiger partial charge in [-0.2, -0.15) is 0 Å². The quantitative estimate of drug-likeness (QED) is 0.00883. The van der Waals surface area contributed by atoms with Gasteiger partial charge in [-0.15, -0.1) is 0 Å². The Morgan fingerprint density at radius 2 is 1.21 bits per heavy atom. The maximum atomic E-state index is 14.8. The summed E-state index contributed by atoms with van der Waals surface area (Å²) in [6.07, 6.45) is 9.22. The molecule has 2 fully saturated rings. The van der Waals surface area contributed by atoms with Crippen molar-refractivity contribution in [3.8, 4) is 11.8 Å². The van der Waals surface area contributed by atoms with Crippen LogP contribution in [-0.2, 0) is 84.7 Å². The average molecular weight is 1460 g/mol. The summed E-state index contributed by atoms with van der Waals surface area (Å²) < 4.78 is 11.1. The molecule has 5 aromatic rings. The van der Waals surface area contributed by atoms with E-state index < -0.39 is 64.7 Å². The first-order valence-corrected chi connectivity index (χ1v) is 37.9. The molecule has 5 aliphatic rings. The molecule has 11 amide bonds. The highest BCUT2D eigenvalue weighted by Gasteiger charge is 2.59. The number of rotatable bonds is 30. The molecular formula is C83H106N12O12. The number of hydrogen-bond acceptors (Lipinski definition) is 14. The Labute approximate surface area is 627 Å². The summed E-state index contributed by atoms with van der Waals surface area (Å²) in [5.41, 5.74) is 26.3.